The van der Waals surface area contributed by atoms with Gasteiger partial charge in [0.1, 0.15) is 10.8 Å². The average molecular weight is 381 g/mol. The SMILES string of the molecule is COc1ccc(C(=O)NNC(=O)CSc2nc3ccccc3cc2C)cc1. The largest absolute Gasteiger partial charge is 0.497 e. The van der Waals surface area contributed by atoms with Gasteiger partial charge in [-0.25, -0.2) is 4.98 Å². The van der Waals surface area contributed by atoms with Crippen molar-refractivity contribution in [3.05, 3.63) is 65.7 Å². The fraction of sp³-hybridized carbons (Fsp3) is 0.150. The maximum absolute atomic E-state index is 12.0. The summed E-state index contributed by atoms with van der Waals surface area (Å²) in [4.78, 5) is 28.7. The van der Waals surface area contributed by atoms with Crippen molar-refractivity contribution in [1.82, 2.24) is 15.8 Å². The van der Waals surface area contributed by atoms with Crippen LogP contribution in [-0.2, 0) is 4.79 Å². The second-order valence-corrected chi connectivity index (χ2v) is 6.79. The van der Waals surface area contributed by atoms with Crippen LogP contribution in [0.1, 0.15) is 15.9 Å². The minimum absolute atomic E-state index is 0.148. The zero-order valence-electron chi connectivity index (χ0n) is 15.0. The third-order valence-electron chi connectivity index (χ3n) is 3.88. The molecule has 0 spiro atoms. The van der Waals surface area contributed by atoms with E-state index < -0.39 is 5.91 Å². The molecule has 7 heteroatoms. The molecule has 0 saturated heterocycles. The van der Waals surface area contributed by atoms with Crippen molar-refractivity contribution in [3.8, 4) is 5.75 Å². The van der Waals surface area contributed by atoms with Crippen LogP contribution in [0.2, 0.25) is 0 Å². The van der Waals surface area contributed by atoms with Gasteiger partial charge in [-0.3, -0.25) is 20.4 Å². The van der Waals surface area contributed by atoms with Gasteiger partial charge in [-0.15, -0.1) is 0 Å². The molecule has 2 N–H and O–H groups in total. The molecule has 3 aromatic rings. The van der Waals surface area contributed by atoms with Gasteiger partial charge in [0.05, 0.1) is 18.4 Å². The van der Waals surface area contributed by atoms with Crippen LogP contribution in [-0.4, -0.2) is 29.7 Å². The predicted molar refractivity (Wildman–Crippen MR) is 106 cm³/mol. The molecule has 0 fully saturated rings. The summed E-state index contributed by atoms with van der Waals surface area (Å²) in [5, 5.41) is 1.86. The second-order valence-electron chi connectivity index (χ2n) is 5.82. The lowest BCUT2D eigenvalue weighted by atomic mass is 10.2. The van der Waals surface area contributed by atoms with E-state index in [4.69, 9.17) is 4.74 Å². The Balaban J connectivity index is 1.53. The number of carbonyl (C=O) groups is 2. The number of nitrogens with zero attached hydrogens (tertiary/aromatic N) is 1. The molecule has 0 aliphatic rings. The third kappa shape index (κ3) is 4.77. The molecule has 0 unspecified atom stereocenters. The lowest BCUT2D eigenvalue weighted by molar-refractivity contribution is -0.119. The van der Waals surface area contributed by atoms with E-state index in [0.717, 1.165) is 21.5 Å². The van der Waals surface area contributed by atoms with E-state index in [1.54, 1.807) is 31.4 Å². The van der Waals surface area contributed by atoms with Crippen molar-refractivity contribution in [2.24, 2.45) is 0 Å². The number of nitrogens with one attached hydrogen (secondary N) is 2. The molecule has 1 heterocycles. The molecule has 138 valence electrons. The number of para-hydroxylation sites is 1. The minimum atomic E-state index is -0.393. The van der Waals surface area contributed by atoms with Crippen LogP contribution < -0.4 is 15.6 Å². The van der Waals surface area contributed by atoms with Gasteiger partial charge in [0.2, 0.25) is 5.91 Å². The highest BCUT2D eigenvalue weighted by atomic mass is 32.2. The topological polar surface area (TPSA) is 80.3 Å². The van der Waals surface area contributed by atoms with Gasteiger partial charge in [0, 0.05) is 10.9 Å². The molecule has 0 saturated carbocycles. The number of rotatable bonds is 5. The lowest BCUT2D eigenvalue weighted by Gasteiger charge is -2.09. The van der Waals surface area contributed by atoms with E-state index in [0.29, 0.717) is 11.3 Å². The number of carbonyl (C=O) groups excluding carboxylic acids is 2. The van der Waals surface area contributed by atoms with Crippen LogP contribution in [0, 0.1) is 6.92 Å². The van der Waals surface area contributed by atoms with Crippen LogP contribution >= 0.6 is 11.8 Å². The number of amides is 2. The second kappa shape index (κ2) is 8.55. The number of aromatic nitrogens is 1. The standard InChI is InChI=1S/C20H19N3O3S/c1-13-11-15-5-3-4-6-17(15)21-20(13)27-12-18(24)22-23-19(25)14-7-9-16(26-2)10-8-14/h3-11H,12H2,1-2H3,(H,22,24)(H,23,25). The molecule has 3 rings (SSSR count). The van der Waals surface area contributed by atoms with Crippen molar-refractivity contribution in [3.63, 3.8) is 0 Å². The quantitative estimate of drug-likeness (QED) is 0.524. The van der Waals surface area contributed by atoms with Crippen molar-refractivity contribution in [2.45, 2.75) is 11.9 Å². The zero-order valence-corrected chi connectivity index (χ0v) is 15.8. The molecule has 0 atom stereocenters. The van der Waals surface area contributed by atoms with Crippen LogP contribution in [0.3, 0.4) is 0 Å². The Kier molecular flexibility index (Phi) is 5.93. The molecular weight excluding hydrogens is 362 g/mol. The maximum atomic E-state index is 12.0. The average Bonchev–Trinajstić information content (AvgIpc) is 2.70. The number of pyridine rings is 1. The summed E-state index contributed by atoms with van der Waals surface area (Å²) in [6.07, 6.45) is 0. The Bertz CT molecular complexity index is 974. The first-order valence-electron chi connectivity index (χ1n) is 8.29. The van der Waals surface area contributed by atoms with Crippen LogP contribution in [0.5, 0.6) is 5.75 Å². The number of hydrazine groups is 1. The number of fused-ring (bicyclic) bond motifs is 1. The highest BCUT2D eigenvalue weighted by Crippen LogP contribution is 2.24. The summed E-state index contributed by atoms with van der Waals surface area (Å²) in [5.41, 5.74) is 7.14. The molecule has 2 amide bonds. The number of hydrogen-bond donors (Lipinski definition) is 2. The molecule has 0 aliphatic carbocycles. The fourth-order valence-electron chi connectivity index (χ4n) is 2.46. The van der Waals surface area contributed by atoms with Crippen molar-refractivity contribution in [1.29, 1.82) is 0 Å². The monoisotopic (exact) mass is 381 g/mol. The van der Waals surface area contributed by atoms with Crippen LogP contribution in [0.15, 0.2) is 59.6 Å². The van der Waals surface area contributed by atoms with Gasteiger partial charge in [0.25, 0.3) is 5.91 Å². The highest BCUT2D eigenvalue weighted by molar-refractivity contribution is 7.99. The minimum Gasteiger partial charge on any atom is -0.497 e. The van der Waals surface area contributed by atoms with Crippen molar-refractivity contribution in [2.75, 3.05) is 12.9 Å². The van der Waals surface area contributed by atoms with Crippen LogP contribution in [0.25, 0.3) is 10.9 Å². The third-order valence-corrected chi connectivity index (χ3v) is 4.97. The molecule has 2 aromatic carbocycles. The smallest absolute Gasteiger partial charge is 0.269 e. The molecular formula is C20H19N3O3S. The van der Waals surface area contributed by atoms with Crippen molar-refractivity contribution >= 4 is 34.5 Å². The summed E-state index contributed by atoms with van der Waals surface area (Å²) in [6.45, 7) is 1.96. The summed E-state index contributed by atoms with van der Waals surface area (Å²) < 4.78 is 5.05. The number of aryl methyl sites for hydroxylation is 1. The van der Waals surface area contributed by atoms with Crippen LogP contribution in [0.4, 0.5) is 0 Å². The Morgan fingerprint density at radius 3 is 2.56 bits per heavy atom. The molecule has 0 aliphatic heterocycles. The van der Waals surface area contributed by atoms with Gasteiger partial charge in [0.15, 0.2) is 0 Å². The van der Waals surface area contributed by atoms with E-state index in [2.05, 4.69) is 15.8 Å². The first-order valence-corrected chi connectivity index (χ1v) is 9.28. The Morgan fingerprint density at radius 1 is 1.07 bits per heavy atom. The van der Waals surface area contributed by atoms with Gasteiger partial charge >= 0.3 is 0 Å². The Labute approximate surface area is 161 Å². The maximum Gasteiger partial charge on any atom is 0.269 e. The Morgan fingerprint density at radius 2 is 1.81 bits per heavy atom. The molecule has 0 bridgehead atoms. The predicted octanol–water partition coefficient (Wildman–Crippen LogP) is 3.11. The summed E-state index contributed by atoms with van der Waals surface area (Å²) >= 11 is 1.33. The summed E-state index contributed by atoms with van der Waals surface area (Å²) in [7, 11) is 1.55. The van der Waals surface area contributed by atoms with Gasteiger partial charge < -0.3 is 4.74 Å². The van der Waals surface area contributed by atoms with E-state index in [9.17, 15) is 9.59 Å². The number of benzene rings is 2. The molecule has 0 radical (unpaired) electrons. The first-order chi connectivity index (χ1) is 13.1. The number of methoxy groups -OCH3 is 1. The van der Waals surface area contributed by atoms with E-state index in [1.807, 2.05) is 37.3 Å². The normalized spacial score (nSPS) is 10.4. The van der Waals surface area contributed by atoms with Crippen molar-refractivity contribution < 1.29 is 14.3 Å². The van der Waals surface area contributed by atoms with E-state index in [-0.39, 0.29) is 11.7 Å². The van der Waals surface area contributed by atoms with Gasteiger partial charge in [-0.05, 0) is 48.9 Å². The molecule has 27 heavy (non-hydrogen) atoms. The molecule has 1 aromatic heterocycles. The number of ether oxygens (including phenoxy) is 1. The lowest BCUT2D eigenvalue weighted by Crippen LogP contribution is -2.42. The van der Waals surface area contributed by atoms with Gasteiger partial charge in [-0.2, -0.15) is 0 Å². The van der Waals surface area contributed by atoms with E-state index in [1.165, 1.54) is 11.8 Å². The first kappa shape index (κ1) is 18.7. The number of hydrogen-bond acceptors (Lipinski definition) is 5. The highest BCUT2D eigenvalue weighted by Gasteiger charge is 2.10. The van der Waals surface area contributed by atoms with Gasteiger partial charge in [-0.1, -0.05) is 30.0 Å². The zero-order chi connectivity index (χ0) is 19.2. The summed E-state index contributed by atoms with van der Waals surface area (Å²) in [6, 6.07) is 16.5. The molecule has 6 nitrogen and oxygen atoms in total. The Hall–Kier alpha value is -3.06. The fourth-order valence-corrected chi connectivity index (χ4v) is 3.25. The summed E-state index contributed by atoms with van der Waals surface area (Å²) in [5.74, 6) is 0.104. The number of thioether (sulfide) groups is 1. The van der Waals surface area contributed by atoms with E-state index >= 15 is 0 Å².